The van der Waals surface area contributed by atoms with Crippen LogP contribution in [0.15, 0.2) is 60.4 Å². The maximum absolute atomic E-state index is 13.9. The quantitative estimate of drug-likeness (QED) is 0.205. The van der Waals surface area contributed by atoms with E-state index in [9.17, 15) is 79.4 Å². The first kappa shape index (κ1) is 35.5. The number of hydrogen-bond acceptors (Lipinski definition) is 2. The van der Waals surface area contributed by atoms with Gasteiger partial charge in [-0.1, -0.05) is 17.7 Å². The number of anilines is 1. The van der Waals surface area contributed by atoms with Crippen LogP contribution in [0, 0.1) is 6.92 Å². The molecular formula is C23H12F17NO2. The SMILES string of the molecule is Cc1ccc(NC(=O)c2ccc(OC(F)=C(F)C(F)(F)C(F)(F)C(F)(F)C(F)(F)C(F)(F)C(F)(F)C(F)(F)F)cc2)cc1. The number of alkyl halides is 15. The second-order valence-corrected chi connectivity index (χ2v) is 8.48. The predicted octanol–water partition coefficient (Wildman–Crippen LogP) is 9.11. The van der Waals surface area contributed by atoms with Crippen molar-refractivity contribution in [3.8, 4) is 5.75 Å². The second-order valence-electron chi connectivity index (χ2n) is 8.48. The molecule has 3 nitrogen and oxygen atoms in total. The highest BCUT2D eigenvalue weighted by molar-refractivity contribution is 6.04. The third-order valence-corrected chi connectivity index (χ3v) is 5.41. The highest BCUT2D eigenvalue weighted by Gasteiger charge is 2.93. The van der Waals surface area contributed by atoms with Crippen LogP contribution in [0.5, 0.6) is 5.75 Å². The molecule has 0 saturated heterocycles. The Morgan fingerprint density at radius 3 is 1.47 bits per heavy atom. The molecule has 0 atom stereocenters. The molecule has 0 saturated carbocycles. The van der Waals surface area contributed by atoms with Crippen molar-refractivity contribution in [1.82, 2.24) is 0 Å². The van der Waals surface area contributed by atoms with E-state index in [1.54, 1.807) is 19.1 Å². The number of carbonyl (C=O) groups is 1. The average Bonchev–Trinajstić information content (AvgIpc) is 2.88. The fourth-order valence-electron chi connectivity index (χ4n) is 2.89. The van der Waals surface area contributed by atoms with Crippen LogP contribution in [-0.4, -0.2) is 47.6 Å². The summed E-state index contributed by atoms with van der Waals surface area (Å²) in [5.41, 5.74) is 0.786. The Bertz CT molecular complexity index is 1350. The maximum Gasteiger partial charge on any atom is 0.460 e. The summed E-state index contributed by atoms with van der Waals surface area (Å²) in [5, 5.41) is 2.35. The number of hydrogen-bond donors (Lipinski definition) is 1. The number of benzene rings is 2. The van der Waals surface area contributed by atoms with Crippen LogP contribution < -0.4 is 10.1 Å². The lowest BCUT2D eigenvalue weighted by molar-refractivity contribution is -0.451. The Morgan fingerprint density at radius 1 is 0.605 bits per heavy atom. The van der Waals surface area contributed by atoms with Gasteiger partial charge in [0, 0.05) is 11.3 Å². The molecule has 2 aromatic rings. The molecule has 2 aromatic carbocycles. The first-order valence-electron chi connectivity index (χ1n) is 10.7. The van der Waals surface area contributed by atoms with Crippen LogP contribution in [-0.2, 0) is 0 Å². The normalized spacial score (nSPS) is 14.7. The van der Waals surface area contributed by atoms with E-state index in [1.807, 2.05) is 0 Å². The van der Waals surface area contributed by atoms with E-state index in [0.29, 0.717) is 12.1 Å². The largest absolute Gasteiger partial charge is 0.460 e. The number of carbonyl (C=O) groups excluding carboxylic acids is 1. The van der Waals surface area contributed by atoms with Crippen LogP contribution in [0.3, 0.4) is 0 Å². The number of nitrogens with one attached hydrogen (secondary N) is 1. The van der Waals surface area contributed by atoms with Crippen molar-refractivity contribution < 1.29 is 84.2 Å². The van der Waals surface area contributed by atoms with Gasteiger partial charge >= 0.3 is 47.7 Å². The summed E-state index contributed by atoms with van der Waals surface area (Å²) in [6, 6.07) is 4.95. The highest BCUT2D eigenvalue weighted by atomic mass is 19.4. The lowest BCUT2D eigenvalue weighted by atomic mass is 9.91. The topological polar surface area (TPSA) is 38.3 Å². The lowest BCUT2D eigenvalue weighted by Crippen LogP contribution is -2.72. The molecular weight excluding hydrogens is 645 g/mol. The van der Waals surface area contributed by atoms with E-state index in [-0.39, 0.29) is 11.3 Å². The van der Waals surface area contributed by atoms with Gasteiger partial charge in [-0.05, 0) is 43.3 Å². The number of ether oxygens (including phenoxy) is 1. The lowest BCUT2D eigenvalue weighted by Gasteiger charge is -2.41. The number of amides is 1. The van der Waals surface area contributed by atoms with Crippen LogP contribution in [0.1, 0.15) is 15.9 Å². The zero-order chi connectivity index (χ0) is 33.6. The zero-order valence-corrected chi connectivity index (χ0v) is 20.4. The Labute approximate surface area is 227 Å². The molecule has 240 valence electrons. The third-order valence-electron chi connectivity index (χ3n) is 5.41. The number of rotatable bonds is 10. The van der Waals surface area contributed by atoms with Crippen molar-refractivity contribution in [2.45, 2.75) is 48.6 Å². The fourth-order valence-corrected chi connectivity index (χ4v) is 2.89. The van der Waals surface area contributed by atoms with Crippen molar-refractivity contribution in [2.24, 2.45) is 0 Å². The smallest absolute Gasteiger partial charge is 0.430 e. The van der Waals surface area contributed by atoms with Crippen molar-refractivity contribution >= 4 is 11.6 Å². The van der Waals surface area contributed by atoms with E-state index in [2.05, 4.69) is 10.1 Å². The minimum atomic E-state index is -8.67. The third kappa shape index (κ3) is 5.91. The van der Waals surface area contributed by atoms with Gasteiger partial charge in [0.15, 0.2) is 0 Å². The van der Waals surface area contributed by atoms with E-state index in [4.69, 9.17) is 0 Å². The summed E-state index contributed by atoms with van der Waals surface area (Å²) in [4.78, 5) is 12.2. The number of halogens is 17. The van der Waals surface area contributed by atoms with Gasteiger partial charge < -0.3 is 10.1 Å². The van der Waals surface area contributed by atoms with E-state index in [1.165, 1.54) is 12.1 Å². The average molecular weight is 657 g/mol. The molecule has 0 unspecified atom stereocenters. The van der Waals surface area contributed by atoms with Crippen molar-refractivity contribution in [1.29, 1.82) is 0 Å². The Kier molecular flexibility index (Phi) is 9.13. The predicted molar refractivity (Wildman–Crippen MR) is 111 cm³/mol. The Morgan fingerprint density at radius 2 is 1.02 bits per heavy atom. The summed E-state index contributed by atoms with van der Waals surface area (Å²) in [6.07, 6.45) is -7.81. The van der Waals surface area contributed by atoms with Crippen molar-refractivity contribution in [3.63, 3.8) is 0 Å². The Balaban J connectivity index is 2.37. The van der Waals surface area contributed by atoms with Gasteiger partial charge in [-0.25, -0.2) is 0 Å². The van der Waals surface area contributed by atoms with Crippen LogP contribution in [0.4, 0.5) is 80.3 Å². The van der Waals surface area contributed by atoms with Crippen molar-refractivity contribution in [2.75, 3.05) is 5.32 Å². The van der Waals surface area contributed by atoms with E-state index in [0.717, 1.165) is 17.7 Å². The number of allylic oxidation sites excluding steroid dienone is 1. The molecule has 20 heteroatoms. The Hall–Kier alpha value is -3.74. The van der Waals surface area contributed by atoms with Gasteiger partial charge in [0.2, 0.25) is 5.83 Å². The molecule has 0 heterocycles. The molecule has 0 aliphatic heterocycles. The summed E-state index contributed by atoms with van der Waals surface area (Å²) in [5.74, 6) is -56.5. The van der Waals surface area contributed by atoms with Gasteiger partial charge in [0.25, 0.3) is 5.91 Å². The zero-order valence-electron chi connectivity index (χ0n) is 20.4. The summed E-state index contributed by atoms with van der Waals surface area (Å²) in [7, 11) is 0. The first-order chi connectivity index (χ1) is 19.2. The molecule has 0 aromatic heterocycles. The van der Waals surface area contributed by atoms with Gasteiger partial charge in [-0.2, -0.15) is 74.6 Å². The van der Waals surface area contributed by atoms with Crippen LogP contribution in [0.25, 0.3) is 0 Å². The van der Waals surface area contributed by atoms with Gasteiger partial charge in [0.05, 0.1) is 0 Å². The highest BCUT2D eigenvalue weighted by Crippen LogP contribution is 2.63. The van der Waals surface area contributed by atoms with Crippen LogP contribution >= 0.6 is 0 Å². The maximum atomic E-state index is 13.9. The molecule has 2 rings (SSSR count). The van der Waals surface area contributed by atoms with E-state index < -0.39 is 65.2 Å². The van der Waals surface area contributed by atoms with Gasteiger partial charge in [0.1, 0.15) is 5.75 Å². The molecule has 0 aliphatic carbocycles. The van der Waals surface area contributed by atoms with E-state index >= 15 is 0 Å². The fraction of sp³-hybridized carbons (Fsp3) is 0.348. The standard InChI is InChI=1S/C23H12F17NO2/c1-10-2-6-12(7-3-10)41-16(42)11-4-8-13(9-5-11)43-15(25)14(24)17(26,27)18(28,29)19(30,31)20(32,33)21(34,35)22(36,37)23(38,39)40/h2-9H,1H3,(H,41,42). The van der Waals surface area contributed by atoms with Gasteiger partial charge in [-0.3, -0.25) is 4.79 Å². The molecule has 1 amide bonds. The summed E-state index contributed by atoms with van der Waals surface area (Å²) in [6.45, 7) is 1.72. The minimum Gasteiger partial charge on any atom is -0.430 e. The molecule has 0 fully saturated rings. The molecule has 1 N–H and O–H groups in total. The summed E-state index contributed by atoms with van der Waals surface area (Å²) >= 11 is 0. The monoisotopic (exact) mass is 657 g/mol. The number of aryl methyl sites for hydroxylation is 1. The van der Waals surface area contributed by atoms with Crippen LogP contribution in [0.2, 0.25) is 0 Å². The second kappa shape index (κ2) is 11.1. The summed E-state index contributed by atoms with van der Waals surface area (Å²) < 4.78 is 230. The van der Waals surface area contributed by atoms with Gasteiger partial charge in [-0.15, -0.1) is 0 Å². The first-order valence-corrected chi connectivity index (χ1v) is 10.7. The molecule has 0 radical (unpaired) electrons. The minimum absolute atomic E-state index is 0.261. The molecule has 43 heavy (non-hydrogen) atoms. The molecule has 0 spiro atoms. The van der Waals surface area contributed by atoms with Crippen molar-refractivity contribution in [3.05, 3.63) is 71.5 Å². The molecule has 0 aliphatic rings. The molecule has 0 bridgehead atoms.